The zero-order chi connectivity index (χ0) is 17.6. The molecule has 2 aliphatic heterocycles. The lowest BCUT2D eigenvalue weighted by Crippen LogP contribution is -2.29. The molecular formula is C19H21FN2O2S. The molecule has 4 rings (SSSR count). The van der Waals surface area contributed by atoms with Gasteiger partial charge in [-0.15, -0.1) is 0 Å². The highest BCUT2D eigenvalue weighted by Crippen LogP contribution is 2.36. The minimum atomic E-state index is -3.68. The van der Waals surface area contributed by atoms with E-state index in [1.807, 2.05) is 12.1 Å². The Morgan fingerprint density at radius 1 is 1.00 bits per heavy atom. The first-order valence-corrected chi connectivity index (χ1v) is 10.1. The van der Waals surface area contributed by atoms with E-state index >= 15 is 0 Å². The van der Waals surface area contributed by atoms with Crippen LogP contribution in [-0.2, 0) is 16.4 Å². The van der Waals surface area contributed by atoms with E-state index in [1.165, 1.54) is 41.0 Å². The van der Waals surface area contributed by atoms with Crippen molar-refractivity contribution in [1.82, 2.24) is 0 Å². The third kappa shape index (κ3) is 2.78. The molecule has 1 saturated heterocycles. The van der Waals surface area contributed by atoms with E-state index in [-0.39, 0.29) is 4.90 Å². The van der Waals surface area contributed by atoms with E-state index in [0.717, 1.165) is 24.3 Å². The maximum Gasteiger partial charge on any atom is 0.264 e. The lowest BCUT2D eigenvalue weighted by atomic mass is 10.1. The van der Waals surface area contributed by atoms with Crippen molar-refractivity contribution in [3.63, 3.8) is 0 Å². The number of halogens is 1. The predicted molar refractivity (Wildman–Crippen MR) is 97.3 cm³/mol. The second kappa shape index (κ2) is 6.02. The summed E-state index contributed by atoms with van der Waals surface area (Å²) < 4.78 is 40.9. The largest absolute Gasteiger partial charge is 0.372 e. The minimum Gasteiger partial charge on any atom is -0.372 e. The number of hydrogen-bond donors (Lipinski definition) is 0. The van der Waals surface area contributed by atoms with Crippen molar-refractivity contribution in [3.8, 4) is 0 Å². The molecule has 0 unspecified atom stereocenters. The van der Waals surface area contributed by atoms with Crippen LogP contribution in [-0.4, -0.2) is 28.1 Å². The van der Waals surface area contributed by atoms with E-state index < -0.39 is 15.8 Å². The number of rotatable bonds is 3. The first kappa shape index (κ1) is 16.4. The Bertz CT molecular complexity index is 921. The summed E-state index contributed by atoms with van der Waals surface area (Å²) in [4.78, 5) is 2.52. The van der Waals surface area contributed by atoms with Crippen LogP contribution in [0, 0.1) is 12.7 Å². The van der Waals surface area contributed by atoms with Crippen molar-refractivity contribution < 1.29 is 12.8 Å². The molecule has 0 amide bonds. The van der Waals surface area contributed by atoms with Gasteiger partial charge in [-0.2, -0.15) is 0 Å². The summed E-state index contributed by atoms with van der Waals surface area (Å²) in [6, 6.07) is 9.86. The topological polar surface area (TPSA) is 40.6 Å². The number of hydrogen-bond acceptors (Lipinski definition) is 3. The summed E-state index contributed by atoms with van der Waals surface area (Å²) in [6.07, 6.45) is 3.12. The Kier molecular flexibility index (Phi) is 3.95. The van der Waals surface area contributed by atoms with Gasteiger partial charge >= 0.3 is 0 Å². The standard InChI is InChI=1S/C19H21FN2O2S/c1-14-12-16(20)4-7-19(14)25(23,24)22-11-8-15-13-17(5-6-18(15)22)21-9-2-3-10-21/h4-7,12-13H,2-3,8-11H2,1H3. The molecule has 132 valence electrons. The molecule has 2 aromatic carbocycles. The molecular weight excluding hydrogens is 339 g/mol. The molecule has 0 saturated carbocycles. The van der Waals surface area contributed by atoms with Crippen LogP contribution in [0.2, 0.25) is 0 Å². The van der Waals surface area contributed by atoms with Crippen molar-refractivity contribution in [1.29, 1.82) is 0 Å². The third-order valence-electron chi connectivity index (χ3n) is 5.09. The van der Waals surface area contributed by atoms with Gasteiger partial charge in [0.2, 0.25) is 0 Å². The van der Waals surface area contributed by atoms with E-state index in [9.17, 15) is 12.8 Å². The highest BCUT2D eigenvalue weighted by Gasteiger charge is 2.32. The Hall–Kier alpha value is -2.08. The first-order valence-electron chi connectivity index (χ1n) is 8.63. The Labute approximate surface area is 147 Å². The first-order chi connectivity index (χ1) is 12.0. The van der Waals surface area contributed by atoms with Gasteiger partial charge in [-0.25, -0.2) is 12.8 Å². The van der Waals surface area contributed by atoms with E-state index in [0.29, 0.717) is 18.5 Å². The number of nitrogens with zero attached hydrogens (tertiary/aromatic N) is 2. The number of fused-ring (bicyclic) bond motifs is 1. The molecule has 0 aromatic heterocycles. The average molecular weight is 360 g/mol. The van der Waals surface area contributed by atoms with E-state index in [4.69, 9.17) is 0 Å². The van der Waals surface area contributed by atoms with E-state index in [2.05, 4.69) is 11.0 Å². The molecule has 2 aromatic rings. The summed E-state index contributed by atoms with van der Waals surface area (Å²) in [5.74, 6) is -0.423. The van der Waals surface area contributed by atoms with Crippen molar-refractivity contribution >= 4 is 21.4 Å². The van der Waals surface area contributed by atoms with Gasteiger partial charge in [0.1, 0.15) is 5.82 Å². The van der Waals surface area contributed by atoms with E-state index in [1.54, 1.807) is 6.92 Å². The molecule has 6 heteroatoms. The molecule has 2 aliphatic rings. The Morgan fingerprint density at radius 3 is 2.48 bits per heavy atom. The van der Waals surface area contributed by atoms with Crippen LogP contribution in [0.25, 0.3) is 0 Å². The zero-order valence-corrected chi connectivity index (χ0v) is 15.0. The molecule has 0 bridgehead atoms. The maximum absolute atomic E-state index is 13.3. The molecule has 25 heavy (non-hydrogen) atoms. The summed E-state index contributed by atoms with van der Waals surface area (Å²) >= 11 is 0. The molecule has 0 spiro atoms. The Balaban J connectivity index is 1.70. The highest BCUT2D eigenvalue weighted by atomic mass is 32.2. The summed E-state index contributed by atoms with van der Waals surface area (Å²) in [5.41, 5.74) is 3.41. The molecule has 4 nitrogen and oxygen atoms in total. The van der Waals surface area contributed by atoms with Crippen LogP contribution in [0.5, 0.6) is 0 Å². The minimum absolute atomic E-state index is 0.172. The second-order valence-electron chi connectivity index (χ2n) is 6.74. The van der Waals surface area contributed by atoms with Gasteiger partial charge in [-0.1, -0.05) is 0 Å². The predicted octanol–water partition coefficient (Wildman–Crippen LogP) is 3.49. The molecule has 0 N–H and O–H groups in total. The fourth-order valence-corrected chi connectivity index (χ4v) is 5.51. The normalized spacial score (nSPS) is 17.2. The van der Waals surface area contributed by atoms with Gasteiger partial charge in [0.15, 0.2) is 0 Å². The number of benzene rings is 2. The number of sulfonamides is 1. The molecule has 0 atom stereocenters. The number of anilines is 2. The smallest absolute Gasteiger partial charge is 0.264 e. The van der Waals surface area contributed by atoms with Crippen LogP contribution >= 0.6 is 0 Å². The second-order valence-corrected chi connectivity index (χ2v) is 8.57. The quantitative estimate of drug-likeness (QED) is 0.841. The SMILES string of the molecule is Cc1cc(F)ccc1S(=O)(=O)N1CCc2cc(N3CCCC3)ccc21. The van der Waals surface area contributed by atoms with Crippen molar-refractivity contribution in [2.24, 2.45) is 0 Å². The van der Waals surface area contributed by atoms with Gasteiger partial charge < -0.3 is 4.90 Å². The lowest BCUT2D eigenvalue weighted by Gasteiger charge is -2.22. The fourth-order valence-electron chi connectivity index (χ4n) is 3.80. The van der Waals surface area contributed by atoms with Crippen LogP contribution in [0.4, 0.5) is 15.8 Å². The molecule has 0 aliphatic carbocycles. The van der Waals surface area contributed by atoms with Gasteiger partial charge in [0.05, 0.1) is 10.6 Å². The molecule has 0 radical (unpaired) electrons. The van der Waals surface area contributed by atoms with Crippen molar-refractivity contribution in [3.05, 3.63) is 53.3 Å². The molecule has 2 heterocycles. The van der Waals surface area contributed by atoms with Crippen LogP contribution in [0.3, 0.4) is 0 Å². The fraction of sp³-hybridized carbons (Fsp3) is 0.368. The monoisotopic (exact) mass is 360 g/mol. The van der Waals surface area contributed by atoms with Gasteiger partial charge in [-0.3, -0.25) is 4.31 Å². The zero-order valence-electron chi connectivity index (χ0n) is 14.2. The maximum atomic E-state index is 13.3. The highest BCUT2D eigenvalue weighted by molar-refractivity contribution is 7.93. The summed E-state index contributed by atoms with van der Waals surface area (Å²) in [6.45, 7) is 4.19. The van der Waals surface area contributed by atoms with Crippen LogP contribution in [0.15, 0.2) is 41.3 Å². The van der Waals surface area contributed by atoms with Crippen molar-refractivity contribution in [2.75, 3.05) is 28.8 Å². The van der Waals surface area contributed by atoms with Gasteiger partial charge in [-0.05, 0) is 73.7 Å². The van der Waals surface area contributed by atoms with Crippen LogP contribution in [0.1, 0.15) is 24.0 Å². The summed E-state index contributed by atoms with van der Waals surface area (Å²) in [5, 5.41) is 0. The molecule has 1 fully saturated rings. The number of aryl methyl sites for hydroxylation is 1. The van der Waals surface area contributed by atoms with Gasteiger partial charge in [0, 0.05) is 25.3 Å². The van der Waals surface area contributed by atoms with Crippen LogP contribution < -0.4 is 9.21 Å². The average Bonchev–Trinajstić information content (AvgIpc) is 3.23. The summed E-state index contributed by atoms with van der Waals surface area (Å²) in [7, 11) is -3.68. The van der Waals surface area contributed by atoms with Gasteiger partial charge in [0.25, 0.3) is 10.0 Å². The van der Waals surface area contributed by atoms with Crippen molar-refractivity contribution in [2.45, 2.75) is 31.1 Å². The lowest BCUT2D eigenvalue weighted by molar-refractivity contribution is 0.590. The Morgan fingerprint density at radius 2 is 1.76 bits per heavy atom. The third-order valence-corrected chi connectivity index (χ3v) is 7.07.